The van der Waals surface area contributed by atoms with E-state index in [4.69, 9.17) is 13.1 Å². The summed E-state index contributed by atoms with van der Waals surface area (Å²) < 4.78 is 0. The number of aromatic amines is 2. The van der Waals surface area contributed by atoms with Gasteiger partial charge in [0.05, 0.1) is 24.5 Å². The average molecular weight is 577 g/mol. The molecule has 4 rings (SSSR count). The van der Waals surface area contributed by atoms with Gasteiger partial charge in [0, 0.05) is 22.5 Å². The van der Waals surface area contributed by atoms with Crippen molar-refractivity contribution in [1.29, 1.82) is 0 Å². The second-order valence-corrected chi connectivity index (χ2v) is 13.2. The molecule has 0 bridgehead atoms. The average Bonchev–Trinajstić information content (AvgIpc) is 3.42. The van der Waals surface area contributed by atoms with Crippen LogP contribution in [0.5, 0.6) is 0 Å². The second-order valence-electron chi connectivity index (χ2n) is 10.7. The highest BCUT2D eigenvalue weighted by molar-refractivity contribution is 7.99. The first kappa shape index (κ1) is 31.6. The van der Waals surface area contributed by atoms with Crippen LogP contribution in [0.1, 0.15) is 61.3 Å². The normalized spacial score (nSPS) is 14.2. The van der Waals surface area contributed by atoms with Gasteiger partial charge < -0.3 is 20.2 Å². The van der Waals surface area contributed by atoms with Gasteiger partial charge in [0.1, 0.15) is 11.2 Å². The van der Waals surface area contributed by atoms with E-state index in [1.807, 2.05) is 65.8 Å². The van der Waals surface area contributed by atoms with E-state index in [9.17, 15) is 10.2 Å². The van der Waals surface area contributed by atoms with Crippen LogP contribution in [0, 0.1) is 40.8 Å². The lowest BCUT2D eigenvalue weighted by Crippen LogP contribution is -2.26. The molecule has 4 aromatic rings. The second kappa shape index (κ2) is 12.7. The number of hydrogen-bond acceptors (Lipinski definition) is 4. The first-order valence-corrected chi connectivity index (χ1v) is 15.7. The monoisotopic (exact) mass is 576 g/mol. The van der Waals surface area contributed by atoms with Crippen LogP contribution in [0.15, 0.2) is 24.3 Å². The fourth-order valence-corrected chi connectivity index (χ4v) is 6.50. The summed E-state index contributed by atoms with van der Waals surface area (Å²) in [6, 6.07) is 7.80. The lowest BCUT2D eigenvalue weighted by atomic mass is 10.00. The van der Waals surface area contributed by atoms with E-state index in [-0.39, 0.29) is 0 Å². The molecule has 0 radical (unpaired) electrons. The molecule has 2 aromatic heterocycles. The van der Waals surface area contributed by atoms with E-state index in [1.54, 1.807) is 23.5 Å². The molecule has 40 heavy (non-hydrogen) atoms. The fourth-order valence-electron chi connectivity index (χ4n) is 5.01. The maximum atomic E-state index is 10.7. The number of H-pyrrole nitrogens is 2. The third kappa shape index (κ3) is 6.53. The third-order valence-electron chi connectivity index (χ3n) is 7.24. The highest BCUT2D eigenvalue weighted by Gasteiger charge is 2.29. The van der Waals surface area contributed by atoms with Crippen LogP contribution < -0.4 is 0 Å². The van der Waals surface area contributed by atoms with Crippen molar-refractivity contribution in [1.82, 2.24) is 9.97 Å². The fraction of sp³-hybridized carbons (Fsp3) is 0.438. The lowest BCUT2D eigenvalue weighted by molar-refractivity contribution is 0.0788. The van der Waals surface area contributed by atoms with Crippen LogP contribution in [0.3, 0.4) is 0 Å². The summed E-state index contributed by atoms with van der Waals surface area (Å²) in [6.45, 7) is 30.2. The highest BCUT2D eigenvalue weighted by Crippen LogP contribution is 2.36. The van der Waals surface area contributed by atoms with E-state index in [0.29, 0.717) is 22.9 Å². The number of aryl methyl sites for hydroxylation is 4. The maximum absolute atomic E-state index is 10.7. The Bertz CT molecular complexity index is 1480. The van der Waals surface area contributed by atoms with Gasteiger partial charge in [-0.3, -0.25) is 0 Å². The van der Waals surface area contributed by atoms with Gasteiger partial charge in [0.25, 0.3) is 0 Å². The molecule has 0 aliphatic carbocycles. The topological polar surface area (TPSA) is 80.8 Å². The van der Waals surface area contributed by atoms with Gasteiger partial charge in [-0.25, -0.2) is 9.69 Å². The number of thioether (sulfide) groups is 2. The van der Waals surface area contributed by atoms with Crippen LogP contribution in [0.2, 0.25) is 0 Å². The van der Waals surface area contributed by atoms with Crippen LogP contribution in [-0.2, 0) is 11.2 Å². The van der Waals surface area contributed by atoms with Crippen molar-refractivity contribution in [2.24, 2.45) is 0 Å². The lowest BCUT2D eigenvalue weighted by Gasteiger charge is -2.22. The molecular weight excluding hydrogens is 537 g/mol. The Morgan fingerprint density at radius 1 is 0.700 bits per heavy atom. The molecule has 2 aromatic carbocycles. The zero-order valence-electron chi connectivity index (χ0n) is 24.7. The van der Waals surface area contributed by atoms with Crippen molar-refractivity contribution in [3.05, 3.63) is 80.7 Å². The number of nitrogens with one attached hydrogen (secondary N) is 2. The summed E-state index contributed by atoms with van der Waals surface area (Å²) in [5.74, 6) is 3.28. The number of rotatable bonds is 8. The Kier molecular flexibility index (Phi) is 10.1. The van der Waals surface area contributed by atoms with Gasteiger partial charge in [0.2, 0.25) is 0 Å². The van der Waals surface area contributed by atoms with E-state index in [0.717, 1.165) is 67.0 Å². The van der Waals surface area contributed by atoms with Crippen molar-refractivity contribution >= 4 is 56.7 Å². The summed E-state index contributed by atoms with van der Waals surface area (Å²) in [7, 11) is 0. The smallest absolute Gasteiger partial charge is 0.190 e. The van der Waals surface area contributed by atoms with Crippen LogP contribution >= 0.6 is 23.5 Å². The summed E-state index contributed by atoms with van der Waals surface area (Å²) in [5, 5.41) is 23.4. The van der Waals surface area contributed by atoms with Crippen molar-refractivity contribution in [3.8, 4) is 0 Å². The number of benzene rings is 2. The Morgan fingerprint density at radius 3 is 1.35 bits per heavy atom. The molecule has 4 N–H and O–H groups in total. The zero-order valence-corrected chi connectivity index (χ0v) is 26.4. The zero-order chi connectivity index (χ0) is 29.8. The molecule has 0 fully saturated rings. The van der Waals surface area contributed by atoms with Gasteiger partial charge in [-0.1, -0.05) is 13.8 Å². The number of aliphatic hydroxyl groups is 2. The number of aromatic nitrogens is 2. The maximum Gasteiger partial charge on any atom is 0.190 e. The van der Waals surface area contributed by atoms with E-state index >= 15 is 0 Å². The van der Waals surface area contributed by atoms with Gasteiger partial charge in [0.15, 0.2) is 11.4 Å². The molecule has 2 heterocycles. The quantitative estimate of drug-likeness (QED) is 0.158. The molecule has 2 atom stereocenters. The predicted octanol–water partition coefficient (Wildman–Crippen LogP) is 8.59. The van der Waals surface area contributed by atoms with Gasteiger partial charge >= 0.3 is 0 Å². The van der Waals surface area contributed by atoms with Crippen molar-refractivity contribution < 1.29 is 10.2 Å². The minimum atomic E-state index is -0.879. The van der Waals surface area contributed by atoms with Gasteiger partial charge in [-0.15, -0.1) is 0 Å². The molecule has 0 spiro atoms. The Balaban J connectivity index is 0.000000220. The van der Waals surface area contributed by atoms with Crippen LogP contribution in [-0.4, -0.2) is 43.2 Å². The first-order valence-electron chi connectivity index (χ1n) is 13.4. The van der Waals surface area contributed by atoms with Crippen molar-refractivity contribution in [2.75, 3.05) is 23.0 Å². The number of nitrogens with zero attached hydrogens (tertiary/aromatic N) is 2. The minimum absolute atomic E-state index is 0.659. The Morgan fingerprint density at radius 2 is 1.05 bits per heavy atom. The minimum Gasteiger partial charge on any atom is -0.383 e. The first-order chi connectivity index (χ1) is 18.8. The Labute approximate surface area is 246 Å². The summed E-state index contributed by atoms with van der Waals surface area (Å²) in [6.07, 6.45) is 0. The van der Waals surface area contributed by atoms with Crippen molar-refractivity contribution in [3.63, 3.8) is 0 Å². The summed E-state index contributed by atoms with van der Waals surface area (Å²) >= 11 is 3.44. The van der Waals surface area contributed by atoms with Crippen LogP contribution in [0.4, 0.5) is 11.4 Å². The molecule has 0 saturated heterocycles. The molecule has 2 unspecified atom stereocenters. The number of hydrogen-bond donors (Lipinski definition) is 4. The molecule has 6 nitrogen and oxygen atoms in total. The summed E-state index contributed by atoms with van der Waals surface area (Å²) in [5.41, 5.74) is 7.27. The van der Waals surface area contributed by atoms with E-state index < -0.39 is 11.2 Å². The SMILES string of the molecule is [C-]#[N+]c1cc2c(C)c(C(C)(O)CSCC)[nH]c2cc1C.[C-]#[N+]c1cc2c(C)c(C(C)(O)CSCC)[nH]c2cc1C. The van der Waals surface area contributed by atoms with E-state index in [2.05, 4.69) is 33.5 Å². The third-order valence-corrected chi connectivity index (χ3v) is 9.59. The molecule has 0 aliphatic rings. The van der Waals surface area contributed by atoms with Gasteiger partial charge in [-0.05, 0) is 110 Å². The summed E-state index contributed by atoms with van der Waals surface area (Å²) in [4.78, 5) is 13.8. The molecule has 212 valence electrons. The van der Waals surface area contributed by atoms with E-state index in [1.165, 1.54) is 0 Å². The molecule has 0 amide bonds. The van der Waals surface area contributed by atoms with Crippen molar-refractivity contribution in [2.45, 2.75) is 66.6 Å². The molecule has 8 heteroatoms. The standard InChI is InChI=1S/2C16H20N2OS/c2*1-6-20-9-16(4,19)15-11(3)12-8-13(17-5)10(2)7-14(12)18-15/h2*7-8,18-19H,6,9H2,1-4H3. The molecule has 0 saturated carbocycles. The molecule has 0 aliphatic heterocycles. The highest BCUT2D eigenvalue weighted by atomic mass is 32.2. The van der Waals surface area contributed by atoms with Gasteiger partial charge in [-0.2, -0.15) is 23.5 Å². The Hall–Kier alpha value is -2.88. The number of fused-ring (bicyclic) bond motifs is 2. The van der Waals surface area contributed by atoms with Crippen LogP contribution in [0.25, 0.3) is 31.5 Å². The predicted molar refractivity (Wildman–Crippen MR) is 173 cm³/mol. The molecular formula is C32H40N4O2S2. The largest absolute Gasteiger partial charge is 0.383 e.